The first-order valence-corrected chi connectivity index (χ1v) is 7.25. The van der Waals surface area contributed by atoms with E-state index in [1.165, 1.54) is 23.5 Å². The van der Waals surface area contributed by atoms with Crippen LogP contribution in [0.1, 0.15) is 26.2 Å². The molecule has 0 unspecified atom stereocenters. The standard InChI is InChI=1S/C10H16O4S2/c1-2-14-9(13)10(5-4-8(11)12)15-6-3-7-16-10/h2-7H2,1H3,(H,11,12). The van der Waals surface area contributed by atoms with Crippen molar-refractivity contribution in [2.75, 3.05) is 18.1 Å². The summed E-state index contributed by atoms with van der Waals surface area (Å²) in [6.07, 6.45) is 1.42. The Kier molecular flexibility index (Phi) is 5.48. The molecule has 0 bridgehead atoms. The Morgan fingerprint density at radius 2 is 2.00 bits per heavy atom. The molecule has 1 aliphatic rings. The van der Waals surface area contributed by atoms with Crippen molar-refractivity contribution in [1.82, 2.24) is 0 Å². The van der Waals surface area contributed by atoms with Gasteiger partial charge < -0.3 is 9.84 Å². The highest BCUT2D eigenvalue weighted by Gasteiger charge is 2.42. The van der Waals surface area contributed by atoms with Gasteiger partial charge in [-0.1, -0.05) is 0 Å². The fourth-order valence-electron chi connectivity index (χ4n) is 1.45. The first kappa shape index (κ1) is 13.7. The number of hydrogen-bond donors (Lipinski definition) is 1. The summed E-state index contributed by atoms with van der Waals surface area (Å²) < 4.78 is 4.36. The van der Waals surface area contributed by atoms with Gasteiger partial charge in [0, 0.05) is 6.42 Å². The molecule has 0 atom stereocenters. The largest absolute Gasteiger partial charge is 0.481 e. The average molecular weight is 264 g/mol. The minimum atomic E-state index is -0.865. The van der Waals surface area contributed by atoms with Gasteiger partial charge in [0.1, 0.15) is 0 Å². The average Bonchev–Trinajstić information content (AvgIpc) is 2.28. The molecule has 1 fully saturated rings. The summed E-state index contributed by atoms with van der Waals surface area (Å²) in [5.74, 6) is 0.651. The predicted molar refractivity (Wildman–Crippen MR) is 65.8 cm³/mol. The van der Waals surface area contributed by atoms with Gasteiger partial charge >= 0.3 is 11.9 Å². The minimum Gasteiger partial charge on any atom is -0.481 e. The number of rotatable bonds is 5. The number of esters is 1. The number of carboxylic acid groups (broad SMARTS) is 1. The Morgan fingerprint density at radius 3 is 2.50 bits per heavy atom. The van der Waals surface area contributed by atoms with E-state index < -0.39 is 10.0 Å². The molecular weight excluding hydrogens is 248 g/mol. The third-order valence-corrected chi connectivity index (χ3v) is 5.58. The van der Waals surface area contributed by atoms with Gasteiger partial charge in [0.15, 0.2) is 4.08 Å². The number of aliphatic carboxylic acids is 1. The lowest BCUT2D eigenvalue weighted by atomic mass is 10.2. The fourth-order valence-corrected chi connectivity index (χ4v) is 4.55. The quantitative estimate of drug-likeness (QED) is 0.766. The lowest BCUT2D eigenvalue weighted by Gasteiger charge is -2.33. The van der Waals surface area contributed by atoms with Gasteiger partial charge in [-0.15, -0.1) is 23.5 Å². The van der Waals surface area contributed by atoms with E-state index in [1.807, 2.05) is 0 Å². The van der Waals surface area contributed by atoms with E-state index in [2.05, 4.69) is 0 Å². The second-order valence-electron chi connectivity index (χ2n) is 3.42. The van der Waals surface area contributed by atoms with E-state index in [0.717, 1.165) is 17.9 Å². The van der Waals surface area contributed by atoms with Crippen LogP contribution in [0.3, 0.4) is 0 Å². The van der Waals surface area contributed by atoms with Crippen molar-refractivity contribution in [2.45, 2.75) is 30.3 Å². The monoisotopic (exact) mass is 264 g/mol. The minimum absolute atomic E-state index is 0.0127. The summed E-state index contributed by atoms with van der Waals surface area (Å²) in [7, 11) is 0. The molecule has 0 spiro atoms. The van der Waals surface area contributed by atoms with Crippen molar-refractivity contribution in [1.29, 1.82) is 0 Å². The molecule has 0 saturated carbocycles. The van der Waals surface area contributed by atoms with Gasteiger partial charge in [0.25, 0.3) is 0 Å². The molecule has 92 valence electrons. The van der Waals surface area contributed by atoms with Crippen LogP contribution >= 0.6 is 23.5 Å². The normalized spacial score (nSPS) is 19.1. The molecule has 16 heavy (non-hydrogen) atoms. The molecule has 0 aromatic heterocycles. The number of ether oxygens (including phenoxy) is 1. The SMILES string of the molecule is CCOC(=O)C1(CCC(=O)O)SCCCS1. The summed E-state index contributed by atoms with van der Waals surface area (Å²) in [5.41, 5.74) is 0. The molecule has 0 radical (unpaired) electrons. The predicted octanol–water partition coefficient (Wildman–Crippen LogP) is 1.98. The van der Waals surface area contributed by atoms with E-state index in [9.17, 15) is 9.59 Å². The highest BCUT2D eigenvalue weighted by Crippen LogP contribution is 2.46. The summed E-state index contributed by atoms with van der Waals surface area (Å²) >= 11 is 3.05. The summed E-state index contributed by atoms with van der Waals surface area (Å²) in [5, 5.41) is 8.70. The molecule has 0 aromatic rings. The van der Waals surface area contributed by atoms with Crippen molar-refractivity contribution in [3.05, 3.63) is 0 Å². The molecule has 4 nitrogen and oxygen atoms in total. The van der Waals surface area contributed by atoms with Crippen molar-refractivity contribution in [2.24, 2.45) is 0 Å². The van der Waals surface area contributed by atoms with Crippen molar-refractivity contribution in [3.63, 3.8) is 0 Å². The van der Waals surface area contributed by atoms with Crippen LogP contribution in [-0.4, -0.2) is 39.2 Å². The van der Waals surface area contributed by atoms with Gasteiger partial charge in [0.05, 0.1) is 6.61 Å². The van der Waals surface area contributed by atoms with Crippen LogP contribution in [0.2, 0.25) is 0 Å². The number of carbonyl (C=O) groups excluding carboxylic acids is 1. The topological polar surface area (TPSA) is 63.6 Å². The lowest BCUT2D eigenvalue weighted by molar-refractivity contribution is -0.143. The first-order chi connectivity index (χ1) is 7.60. The molecule has 1 saturated heterocycles. The highest BCUT2D eigenvalue weighted by molar-refractivity contribution is 8.19. The molecule has 1 N–H and O–H groups in total. The molecule has 1 heterocycles. The smallest absolute Gasteiger partial charge is 0.332 e. The molecule has 0 aromatic carbocycles. The number of hydrogen-bond acceptors (Lipinski definition) is 5. The Labute approximate surface area is 103 Å². The molecule has 0 amide bonds. The lowest BCUT2D eigenvalue weighted by Crippen LogP contribution is -2.37. The Morgan fingerprint density at radius 1 is 1.38 bits per heavy atom. The molecule has 6 heteroatoms. The van der Waals surface area contributed by atoms with Gasteiger partial charge in [-0.25, -0.2) is 4.79 Å². The third kappa shape index (κ3) is 3.59. The van der Waals surface area contributed by atoms with Crippen LogP contribution in [0.5, 0.6) is 0 Å². The van der Waals surface area contributed by atoms with Crippen molar-refractivity contribution >= 4 is 35.5 Å². The maximum absolute atomic E-state index is 11.9. The van der Waals surface area contributed by atoms with Crippen LogP contribution in [0.15, 0.2) is 0 Å². The van der Waals surface area contributed by atoms with Gasteiger partial charge in [-0.3, -0.25) is 4.79 Å². The molecule has 1 aliphatic heterocycles. The van der Waals surface area contributed by atoms with Crippen LogP contribution in [0, 0.1) is 0 Å². The zero-order valence-electron chi connectivity index (χ0n) is 9.23. The maximum Gasteiger partial charge on any atom is 0.332 e. The molecule has 0 aliphatic carbocycles. The summed E-state index contributed by atoms with van der Waals surface area (Å²) in [4.78, 5) is 22.5. The van der Waals surface area contributed by atoms with Gasteiger partial charge in [0.2, 0.25) is 0 Å². The zero-order chi connectivity index (χ0) is 12.0. The van der Waals surface area contributed by atoms with Crippen LogP contribution < -0.4 is 0 Å². The van der Waals surface area contributed by atoms with Crippen molar-refractivity contribution in [3.8, 4) is 0 Å². The highest BCUT2D eigenvalue weighted by atomic mass is 32.2. The molecule has 1 rings (SSSR count). The fraction of sp³-hybridized carbons (Fsp3) is 0.800. The van der Waals surface area contributed by atoms with E-state index in [1.54, 1.807) is 6.92 Å². The Balaban J connectivity index is 2.66. The number of carbonyl (C=O) groups is 2. The van der Waals surface area contributed by atoms with E-state index in [-0.39, 0.29) is 12.4 Å². The van der Waals surface area contributed by atoms with E-state index in [4.69, 9.17) is 9.84 Å². The van der Waals surface area contributed by atoms with E-state index >= 15 is 0 Å². The van der Waals surface area contributed by atoms with Crippen LogP contribution in [0.4, 0.5) is 0 Å². The summed E-state index contributed by atoms with van der Waals surface area (Å²) in [6, 6.07) is 0. The van der Waals surface area contributed by atoms with Crippen LogP contribution in [0.25, 0.3) is 0 Å². The second-order valence-corrected chi connectivity index (χ2v) is 6.46. The van der Waals surface area contributed by atoms with Crippen LogP contribution in [-0.2, 0) is 14.3 Å². The zero-order valence-corrected chi connectivity index (χ0v) is 10.9. The van der Waals surface area contributed by atoms with Gasteiger partial charge in [-0.2, -0.15) is 0 Å². The second kappa shape index (κ2) is 6.39. The summed E-state index contributed by atoms with van der Waals surface area (Å²) in [6.45, 7) is 2.11. The first-order valence-electron chi connectivity index (χ1n) is 5.27. The number of carboxylic acids is 1. The molecular formula is C10H16O4S2. The van der Waals surface area contributed by atoms with Gasteiger partial charge in [-0.05, 0) is 31.3 Å². The Bertz CT molecular complexity index is 262. The Hall–Kier alpha value is -0.360. The maximum atomic E-state index is 11.9. The van der Waals surface area contributed by atoms with E-state index in [0.29, 0.717) is 13.0 Å². The third-order valence-electron chi connectivity index (χ3n) is 2.21. The number of thioether (sulfide) groups is 2. The van der Waals surface area contributed by atoms with Crippen molar-refractivity contribution < 1.29 is 19.4 Å².